The smallest absolute Gasteiger partial charge is 0.0285 e. The number of likely N-dealkylation sites (N-methyl/N-ethyl adjacent to an activating group) is 1. The Morgan fingerprint density at radius 2 is 1.89 bits per heavy atom. The fourth-order valence-corrected chi connectivity index (χ4v) is 4.91. The van der Waals surface area contributed by atoms with Crippen LogP contribution < -0.4 is 5.32 Å². The van der Waals surface area contributed by atoms with Gasteiger partial charge in [-0.3, -0.25) is 0 Å². The largest absolute Gasteiger partial charge is 0.316 e. The molecule has 1 unspecified atom stereocenters. The van der Waals surface area contributed by atoms with E-state index in [4.69, 9.17) is 0 Å². The van der Waals surface area contributed by atoms with E-state index >= 15 is 0 Å². The van der Waals surface area contributed by atoms with Crippen LogP contribution in [0, 0.1) is 17.8 Å². The molecule has 0 amide bonds. The van der Waals surface area contributed by atoms with Crippen molar-refractivity contribution in [2.24, 2.45) is 17.8 Å². The van der Waals surface area contributed by atoms with Crippen LogP contribution in [0.4, 0.5) is 0 Å². The molecule has 0 aromatic carbocycles. The number of hydrogen-bond acceptors (Lipinski definition) is 2. The fourth-order valence-electron chi connectivity index (χ4n) is 3.40. The van der Waals surface area contributed by atoms with Crippen LogP contribution >= 0.6 is 27.3 Å². The van der Waals surface area contributed by atoms with Gasteiger partial charge in [-0.15, -0.1) is 11.3 Å². The first-order valence-corrected chi connectivity index (χ1v) is 9.17. The van der Waals surface area contributed by atoms with Gasteiger partial charge in [0.25, 0.3) is 0 Å². The van der Waals surface area contributed by atoms with E-state index in [1.54, 1.807) is 0 Å². The Bertz CT molecular complexity index is 380. The van der Waals surface area contributed by atoms with Crippen LogP contribution in [0.2, 0.25) is 0 Å². The first-order valence-electron chi connectivity index (χ1n) is 7.50. The molecule has 3 heteroatoms. The van der Waals surface area contributed by atoms with Gasteiger partial charge in [-0.2, -0.15) is 0 Å². The van der Waals surface area contributed by atoms with Gasteiger partial charge in [0.1, 0.15) is 0 Å². The van der Waals surface area contributed by atoms with E-state index in [1.807, 2.05) is 11.3 Å². The van der Waals surface area contributed by atoms with E-state index in [2.05, 4.69) is 53.6 Å². The molecule has 1 aromatic rings. The van der Waals surface area contributed by atoms with Gasteiger partial charge in [0.15, 0.2) is 0 Å². The molecule has 0 aliphatic heterocycles. The molecule has 19 heavy (non-hydrogen) atoms. The average molecular weight is 344 g/mol. The third-order valence-corrected chi connectivity index (χ3v) is 6.46. The maximum atomic E-state index is 3.56. The zero-order valence-corrected chi connectivity index (χ0v) is 14.7. The molecule has 1 aliphatic rings. The Labute approximate surface area is 130 Å². The Morgan fingerprint density at radius 3 is 2.37 bits per heavy atom. The van der Waals surface area contributed by atoms with Gasteiger partial charge in [-0.25, -0.2) is 0 Å². The molecule has 1 fully saturated rings. The molecule has 0 bridgehead atoms. The third kappa shape index (κ3) is 4.30. The lowest BCUT2D eigenvalue weighted by Crippen LogP contribution is -2.38. The number of thiophene rings is 1. The average Bonchev–Trinajstić information content (AvgIpc) is 2.81. The lowest BCUT2D eigenvalue weighted by molar-refractivity contribution is 0.192. The SMILES string of the molecule is CNC(Cc1cc(Br)cs1)C1CCC(C(C)C)CC1. The van der Waals surface area contributed by atoms with Crippen LogP contribution in [0.3, 0.4) is 0 Å². The summed E-state index contributed by atoms with van der Waals surface area (Å²) in [5, 5.41) is 5.76. The van der Waals surface area contributed by atoms with Crippen molar-refractivity contribution in [1.29, 1.82) is 0 Å². The number of rotatable bonds is 5. The van der Waals surface area contributed by atoms with E-state index in [-0.39, 0.29) is 0 Å². The van der Waals surface area contributed by atoms with E-state index in [1.165, 1.54) is 41.5 Å². The molecule has 1 saturated carbocycles. The van der Waals surface area contributed by atoms with Gasteiger partial charge < -0.3 is 5.32 Å². The van der Waals surface area contributed by atoms with Crippen molar-refractivity contribution < 1.29 is 0 Å². The summed E-state index contributed by atoms with van der Waals surface area (Å²) in [4.78, 5) is 1.50. The quantitative estimate of drug-likeness (QED) is 0.783. The highest BCUT2D eigenvalue weighted by Gasteiger charge is 2.28. The van der Waals surface area contributed by atoms with Crippen LogP contribution in [-0.4, -0.2) is 13.1 Å². The molecule has 108 valence electrons. The number of halogens is 1. The minimum atomic E-state index is 0.652. The van der Waals surface area contributed by atoms with Crippen LogP contribution in [0.5, 0.6) is 0 Å². The summed E-state index contributed by atoms with van der Waals surface area (Å²) < 4.78 is 1.23. The van der Waals surface area contributed by atoms with E-state index in [0.29, 0.717) is 6.04 Å². The van der Waals surface area contributed by atoms with Gasteiger partial charge in [0, 0.05) is 20.8 Å². The Balaban J connectivity index is 1.88. The minimum Gasteiger partial charge on any atom is -0.316 e. The van der Waals surface area contributed by atoms with Crippen molar-refractivity contribution in [2.45, 2.75) is 52.0 Å². The second-order valence-corrected chi connectivity index (χ2v) is 8.16. The normalized spacial score (nSPS) is 25.7. The van der Waals surface area contributed by atoms with Crippen LogP contribution in [0.15, 0.2) is 15.9 Å². The summed E-state index contributed by atoms with van der Waals surface area (Å²) in [7, 11) is 2.13. The topological polar surface area (TPSA) is 12.0 Å². The molecule has 1 atom stereocenters. The van der Waals surface area contributed by atoms with Crippen molar-refractivity contribution in [3.8, 4) is 0 Å². The summed E-state index contributed by atoms with van der Waals surface area (Å²) >= 11 is 5.43. The Morgan fingerprint density at radius 1 is 1.26 bits per heavy atom. The highest BCUT2D eigenvalue weighted by molar-refractivity contribution is 9.10. The lowest BCUT2D eigenvalue weighted by atomic mass is 9.74. The number of hydrogen-bond donors (Lipinski definition) is 1. The second kappa shape index (κ2) is 7.24. The fraction of sp³-hybridized carbons (Fsp3) is 0.750. The molecule has 0 spiro atoms. The lowest BCUT2D eigenvalue weighted by Gasteiger charge is -2.35. The molecule has 1 N–H and O–H groups in total. The minimum absolute atomic E-state index is 0.652. The molecule has 2 rings (SSSR count). The Hall–Kier alpha value is 0.140. The van der Waals surface area contributed by atoms with Crippen molar-refractivity contribution in [3.63, 3.8) is 0 Å². The maximum absolute atomic E-state index is 3.56. The first kappa shape index (κ1) is 15.5. The van der Waals surface area contributed by atoms with Crippen LogP contribution in [-0.2, 0) is 6.42 Å². The van der Waals surface area contributed by atoms with Crippen molar-refractivity contribution in [2.75, 3.05) is 7.05 Å². The van der Waals surface area contributed by atoms with Gasteiger partial charge in [-0.1, -0.05) is 13.8 Å². The van der Waals surface area contributed by atoms with E-state index < -0.39 is 0 Å². The summed E-state index contributed by atoms with van der Waals surface area (Å²) in [6.45, 7) is 4.76. The number of nitrogens with one attached hydrogen (secondary N) is 1. The standard InChI is InChI=1S/C16H26BrNS/c1-11(2)12-4-6-13(7-5-12)16(18-3)9-15-8-14(17)10-19-15/h8,10-13,16,18H,4-7,9H2,1-3H3. The Kier molecular flexibility index (Phi) is 5.91. The summed E-state index contributed by atoms with van der Waals surface area (Å²) in [6, 6.07) is 2.92. The summed E-state index contributed by atoms with van der Waals surface area (Å²) in [6.07, 6.45) is 6.84. The van der Waals surface area contributed by atoms with Gasteiger partial charge in [0.05, 0.1) is 0 Å². The second-order valence-electron chi connectivity index (χ2n) is 6.25. The molecular formula is C16H26BrNS. The van der Waals surface area contributed by atoms with Crippen molar-refractivity contribution in [3.05, 3.63) is 20.8 Å². The highest BCUT2D eigenvalue weighted by Crippen LogP contribution is 2.36. The molecule has 1 aliphatic carbocycles. The predicted molar refractivity (Wildman–Crippen MR) is 88.9 cm³/mol. The van der Waals surface area contributed by atoms with Crippen molar-refractivity contribution in [1.82, 2.24) is 5.32 Å². The third-order valence-electron chi connectivity index (χ3n) is 4.74. The van der Waals surface area contributed by atoms with Crippen LogP contribution in [0.25, 0.3) is 0 Å². The zero-order valence-electron chi connectivity index (χ0n) is 12.3. The monoisotopic (exact) mass is 343 g/mol. The highest BCUT2D eigenvalue weighted by atomic mass is 79.9. The molecule has 1 heterocycles. The van der Waals surface area contributed by atoms with E-state index in [0.717, 1.165) is 17.8 Å². The van der Waals surface area contributed by atoms with Crippen molar-refractivity contribution >= 4 is 27.3 Å². The molecular weight excluding hydrogens is 318 g/mol. The summed E-state index contributed by atoms with van der Waals surface area (Å²) in [5.74, 6) is 2.69. The van der Waals surface area contributed by atoms with Gasteiger partial charge in [0.2, 0.25) is 0 Å². The zero-order chi connectivity index (χ0) is 13.8. The molecule has 1 aromatic heterocycles. The van der Waals surface area contributed by atoms with Gasteiger partial charge in [-0.05, 0) is 78.9 Å². The molecule has 1 nitrogen and oxygen atoms in total. The van der Waals surface area contributed by atoms with Gasteiger partial charge >= 0.3 is 0 Å². The van der Waals surface area contributed by atoms with Crippen LogP contribution in [0.1, 0.15) is 44.4 Å². The first-order chi connectivity index (χ1) is 9.10. The maximum Gasteiger partial charge on any atom is 0.0285 e. The molecule has 0 radical (unpaired) electrons. The predicted octanol–water partition coefficient (Wildman–Crippen LogP) is 5.10. The molecule has 0 saturated heterocycles. The summed E-state index contributed by atoms with van der Waals surface area (Å²) in [5.41, 5.74) is 0. The van der Waals surface area contributed by atoms with E-state index in [9.17, 15) is 0 Å².